The summed E-state index contributed by atoms with van der Waals surface area (Å²) in [5.41, 5.74) is -0.794. The van der Waals surface area contributed by atoms with Crippen molar-refractivity contribution in [3.05, 3.63) is 0 Å². The van der Waals surface area contributed by atoms with Gasteiger partial charge in [0, 0.05) is 5.41 Å². The first-order valence-corrected chi connectivity index (χ1v) is 4.92. The Labute approximate surface area is 80.7 Å². The van der Waals surface area contributed by atoms with E-state index in [1.165, 1.54) is 0 Å². The Bertz CT molecular complexity index is 240. The van der Waals surface area contributed by atoms with E-state index in [4.69, 9.17) is 4.74 Å². The van der Waals surface area contributed by atoms with Crippen molar-refractivity contribution in [1.29, 1.82) is 0 Å². The van der Waals surface area contributed by atoms with Crippen LogP contribution in [0.25, 0.3) is 0 Å². The molecule has 1 aliphatic rings. The Morgan fingerprint density at radius 3 is 1.77 bits per heavy atom. The normalized spacial score (nSPS) is 36.0. The Hall–Kier alpha value is -0.530. The van der Waals surface area contributed by atoms with Gasteiger partial charge >= 0.3 is 5.97 Å². The van der Waals surface area contributed by atoms with Crippen LogP contribution in [0.5, 0.6) is 0 Å². The van der Waals surface area contributed by atoms with Crippen LogP contribution in [-0.2, 0) is 9.53 Å². The third kappa shape index (κ3) is 1.04. The van der Waals surface area contributed by atoms with Crippen molar-refractivity contribution in [2.45, 2.75) is 53.6 Å². The molecule has 0 bridgehead atoms. The molecule has 0 aliphatic carbocycles. The first kappa shape index (κ1) is 10.6. The van der Waals surface area contributed by atoms with Gasteiger partial charge in [0.25, 0.3) is 0 Å². The molecule has 2 heteroatoms. The summed E-state index contributed by atoms with van der Waals surface area (Å²) in [6.07, 6.45) is 0.836. The Morgan fingerprint density at radius 1 is 1.15 bits per heavy atom. The zero-order chi connectivity index (χ0) is 10.5. The van der Waals surface area contributed by atoms with E-state index in [-0.39, 0.29) is 22.4 Å². The van der Waals surface area contributed by atoms with Crippen LogP contribution in [0.3, 0.4) is 0 Å². The Kier molecular flexibility index (Phi) is 2.02. The van der Waals surface area contributed by atoms with Crippen LogP contribution in [-0.4, -0.2) is 11.6 Å². The highest BCUT2D eigenvalue weighted by atomic mass is 16.6. The third-order valence-corrected chi connectivity index (χ3v) is 4.39. The molecule has 1 atom stereocenters. The van der Waals surface area contributed by atoms with E-state index in [0.717, 1.165) is 6.42 Å². The van der Waals surface area contributed by atoms with Crippen molar-refractivity contribution >= 4 is 5.97 Å². The molecule has 1 rings (SSSR count). The predicted octanol–water partition coefficient (Wildman–Crippen LogP) is 2.76. The monoisotopic (exact) mass is 184 g/mol. The van der Waals surface area contributed by atoms with Crippen LogP contribution in [0.2, 0.25) is 0 Å². The highest BCUT2D eigenvalue weighted by Gasteiger charge is 2.62. The first-order valence-electron chi connectivity index (χ1n) is 4.92. The fourth-order valence-corrected chi connectivity index (χ4v) is 1.98. The van der Waals surface area contributed by atoms with E-state index in [2.05, 4.69) is 13.8 Å². The van der Waals surface area contributed by atoms with Gasteiger partial charge in [0.15, 0.2) is 0 Å². The number of rotatable bonds is 1. The number of hydrogen-bond acceptors (Lipinski definition) is 2. The SMILES string of the molecule is CCC1(C)C(=O)OC(C)(C)C1(C)C. The molecule has 1 aliphatic heterocycles. The second-order valence-electron chi connectivity index (χ2n) is 5.21. The molecular formula is C11H20O2. The van der Waals surface area contributed by atoms with E-state index >= 15 is 0 Å². The summed E-state index contributed by atoms with van der Waals surface area (Å²) < 4.78 is 5.43. The summed E-state index contributed by atoms with van der Waals surface area (Å²) in [4.78, 5) is 11.7. The molecule has 0 N–H and O–H groups in total. The smallest absolute Gasteiger partial charge is 0.313 e. The second-order valence-corrected chi connectivity index (χ2v) is 5.21. The maximum Gasteiger partial charge on any atom is 0.313 e. The molecule has 76 valence electrons. The Balaban J connectivity index is 3.21. The van der Waals surface area contributed by atoms with Crippen molar-refractivity contribution in [2.75, 3.05) is 0 Å². The summed E-state index contributed by atoms with van der Waals surface area (Å²) in [6, 6.07) is 0. The number of cyclic esters (lactones) is 1. The van der Waals surface area contributed by atoms with E-state index in [9.17, 15) is 4.79 Å². The van der Waals surface area contributed by atoms with Gasteiger partial charge in [-0.3, -0.25) is 4.79 Å². The van der Waals surface area contributed by atoms with Crippen LogP contribution < -0.4 is 0 Å². The molecule has 1 fully saturated rings. The average Bonchev–Trinajstić information content (AvgIpc) is 2.10. The molecule has 1 unspecified atom stereocenters. The first-order chi connectivity index (χ1) is 5.69. The second kappa shape index (κ2) is 2.49. The number of esters is 1. The van der Waals surface area contributed by atoms with E-state index in [1.54, 1.807) is 0 Å². The molecule has 1 saturated heterocycles. The van der Waals surface area contributed by atoms with Crippen molar-refractivity contribution in [3.63, 3.8) is 0 Å². The van der Waals surface area contributed by atoms with Gasteiger partial charge in [0.05, 0.1) is 5.41 Å². The highest BCUT2D eigenvalue weighted by molar-refractivity contribution is 5.80. The third-order valence-electron chi connectivity index (χ3n) is 4.39. The van der Waals surface area contributed by atoms with Crippen molar-refractivity contribution in [1.82, 2.24) is 0 Å². The molecule has 0 spiro atoms. The van der Waals surface area contributed by atoms with Crippen LogP contribution in [0, 0.1) is 10.8 Å². The number of carbonyl (C=O) groups excluding carboxylic acids is 1. The van der Waals surface area contributed by atoms with Gasteiger partial charge in [-0.05, 0) is 27.2 Å². The van der Waals surface area contributed by atoms with Gasteiger partial charge in [-0.1, -0.05) is 20.8 Å². The zero-order valence-corrected chi connectivity index (χ0v) is 9.52. The van der Waals surface area contributed by atoms with Gasteiger partial charge in [0.1, 0.15) is 5.60 Å². The number of ether oxygens (including phenoxy) is 1. The Morgan fingerprint density at radius 2 is 1.62 bits per heavy atom. The summed E-state index contributed by atoms with van der Waals surface area (Å²) in [6.45, 7) is 12.3. The molecule has 0 radical (unpaired) electrons. The summed E-state index contributed by atoms with van der Waals surface area (Å²) in [5.74, 6) is -0.0509. The van der Waals surface area contributed by atoms with Crippen LogP contribution in [0.1, 0.15) is 48.0 Å². The van der Waals surface area contributed by atoms with E-state index in [1.807, 2.05) is 27.7 Å². The fourth-order valence-electron chi connectivity index (χ4n) is 1.98. The van der Waals surface area contributed by atoms with Crippen molar-refractivity contribution in [3.8, 4) is 0 Å². The molecular weight excluding hydrogens is 164 g/mol. The standard InChI is InChI=1S/C11H20O2/c1-7-11(6)8(12)13-10(4,5)9(11,2)3/h7H2,1-6H3. The lowest BCUT2D eigenvalue weighted by atomic mass is 9.60. The molecule has 0 amide bonds. The molecule has 0 aromatic heterocycles. The minimum absolute atomic E-state index is 0.0509. The number of hydrogen-bond donors (Lipinski definition) is 0. The summed E-state index contributed by atoms with van der Waals surface area (Å²) >= 11 is 0. The molecule has 13 heavy (non-hydrogen) atoms. The lowest BCUT2D eigenvalue weighted by Crippen LogP contribution is -2.44. The average molecular weight is 184 g/mol. The van der Waals surface area contributed by atoms with E-state index < -0.39 is 0 Å². The quantitative estimate of drug-likeness (QED) is 0.586. The van der Waals surface area contributed by atoms with Crippen molar-refractivity contribution < 1.29 is 9.53 Å². The van der Waals surface area contributed by atoms with E-state index in [0.29, 0.717) is 0 Å². The zero-order valence-electron chi connectivity index (χ0n) is 9.52. The number of carbonyl (C=O) groups is 1. The lowest BCUT2D eigenvalue weighted by molar-refractivity contribution is -0.151. The van der Waals surface area contributed by atoms with Crippen molar-refractivity contribution in [2.24, 2.45) is 10.8 Å². The maximum absolute atomic E-state index is 11.7. The molecule has 0 aromatic carbocycles. The molecule has 0 aromatic rings. The molecule has 0 saturated carbocycles. The molecule has 1 heterocycles. The van der Waals surface area contributed by atoms with Gasteiger partial charge in [0.2, 0.25) is 0 Å². The van der Waals surface area contributed by atoms with Gasteiger partial charge in [-0.25, -0.2) is 0 Å². The highest BCUT2D eigenvalue weighted by Crippen LogP contribution is 2.56. The molecule has 2 nitrogen and oxygen atoms in total. The van der Waals surface area contributed by atoms with Gasteiger partial charge in [-0.2, -0.15) is 0 Å². The minimum atomic E-state index is -0.352. The van der Waals surface area contributed by atoms with Gasteiger partial charge < -0.3 is 4.74 Å². The topological polar surface area (TPSA) is 26.3 Å². The fraction of sp³-hybridized carbons (Fsp3) is 0.909. The maximum atomic E-state index is 11.7. The lowest BCUT2D eigenvalue weighted by Gasteiger charge is -2.40. The minimum Gasteiger partial charge on any atom is -0.459 e. The summed E-state index contributed by atoms with van der Waals surface area (Å²) in [5, 5.41) is 0. The van der Waals surface area contributed by atoms with Crippen LogP contribution in [0.4, 0.5) is 0 Å². The largest absolute Gasteiger partial charge is 0.459 e. The predicted molar refractivity (Wildman–Crippen MR) is 52.4 cm³/mol. The van der Waals surface area contributed by atoms with Gasteiger partial charge in [-0.15, -0.1) is 0 Å². The van der Waals surface area contributed by atoms with Crippen LogP contribution in [0.15, 0.2) is 0 Å². The summed E-state index contributed by atoms with van der Waals surface area (Å²) in [7, 11) is 0. The van der Waals surface area contributed by atoms with Crippen LogP contribution >= 0.6 is 0 Å².